The molecule has 2 aromatic rings. The molecular formula is C24H32ClF2N7O2. The second kappa shape index (κ2) is 11.5. The van der Waals surface area contributed by atoms with E-state index in [-0.39, 0.29) is 23.8 Å². The largest absolute Gasteiger partial charge is 0.503 e. The van der Waals surface area contributed by atoms with E-state index < -0.39 is 23.4 Å². The summed E-state index contributed by atoms with van der Waals surface area (Å²) in [6, 6.07) is 0.202. The van der Waals surface area contributed by atoms with Crippen LogP contribution in [0.1, 0.15) is 31.7 Å². The maximum Gasteiger partial charge on any atom is 0.330 e. The number of nitrogens with zero attached hydrogens (tertiary/aromatic N) is 6. The third-order valence-electron chi connectivity index (χ3n) is 6.63. The lowest BCUT2D eigenvalue weighted by Gasteiger charge is -2.36. The highest BCUT2D eigenvalue weighted by Gasteiger charge is 2.36. The molecule has 1 fully saturated rings. The zero-order chi connectivity index (χ0) is 25.8. The smallest absolute Gasteiger partial charge is 0.330 e. The van der Waals surface area contributed by atoms with Crippen LogP contribution in [0.4, 0.5) is 31.0 Å². The Morgan fingerprint density at radius 1 is 1.17 bits per heavy atom. The number of aromatic nitrogens is 2. The number of halogens is 3. The van der Waals surface area contributed by atoms with E-state index in [4.69, 9.17) is 11.6 Å². The number of rotatable bonds is 9. The summed E-state index contributed by atoms with van der Waals surface area (Å²) < 4.78 is 28.3. The molecule has 0 spiro atoms. The summed E-state index contributed by atoms with van der Waals surface area (Å²) in [5.74, 6) is -2.84. The predicted molar refractivity (Wildman–Crippen MR) is 136 cm³/mol. The first-order chi connectivity index (χ1) is 17.3. The summed E-state index contributed by atoms with van der Waals surface area (Å²) in [6.07, 6.45) is 4.79. The van der Waals surface area contributed by atoms with E-state index in [1.807, 2.05) is 0 Å². The van der Waals surface area contributed by atoms with E-state index in [9.17, 15) is 18.7 Å². The molecule has 0 aliphatic carbocycles. The van der Waals surface area contributed by atoms with Gasteiger partial charge in [-0.05, 0) is 39.4 Å². The Labute approximate surface area is 214 Å². The molecule has 12 heteroatoms. The van der Waals surface area contributed by atoms with Gasteiger partial charge in [0.15, 0.2) is 17.4 Å². The highest BCUT2D eigenvalue weighted by atomic mass is 35.5. The molecule has 4 rings (SSSR count). The molecule has 2 N–H and O–H groups in total. The summed E-state index contributed by atoms with van der Waals surface area (Å²) in [6.45, 7) is 8.29. The molecule has 0 radical (unpaired) electrons. The number of carbonyl (C=O) groups is 1. The summed E-state index contributed by atoms with van der Waals surface area (Å²) >= 11 is 6.04. The van der Waals surface area contributed by atoms with Gasteiger partial charge in [-0.15, -0.1) is 0 Å². The molecular weight excluding hydrogens is 492 g/mol. The van der Waals surface area contributed by atoms with Crippen molar-refractivity contribution in [2.75, 3.05) is 68.0 Å². The maximum atomic E-state index is 14.7. The molecule has 9 nitrogen and oxygen atoms in total. The molecule has 2 amide bonds. The number of piperazine rings is 1. The maximum absolute atomic E-state index is 14.7. The number of phenolic OH excluding ortho intramolecular Hbond substituents is 1. The van der Waals surface area contributed by atoms with Gasteiger partial charge in [-0.3, -0.25) is 9.80 Å². The number of fused-ring (bicyclic) bond motifs is 1. The quantitative estimate of drug-likeness (QED) is 0.482. The molecule has 0 saturated carbocycles. The van der Waals surface area contributed by atoms with E-state index in [1.165, 1.54) is 4.90 Å². The van der Waals surface area contributed by atoms with Gasteiger partial charge in [-0.1, -0.05) is 18.0 Å². The van der Waals surface area contributed by atoms with Gasteiger partial charge in [-0.25, -0.2) is 18.6 Å². The lowest BCUT2D eigenvalue weighted by atomic mass is 10.1. The average Bonchev–Trinajstić information content (AvgIpc) is 2.86. The van der Waals surface area contributed by atoms with Crippen LogP contribution >= 0.6 is 11.6 Å². The van der Waals surface area contributed by atoms with Gasteiger partial charge in [0, 0.05) is 51.0 Å². The number of hydrogen-bond donors (Lipinski definition) is 2. The van der Waals surface area contributed by atoms with Crippen molar-refractivity contribution in [1.29, 1.82) is 0 Å². The molecule has 196 valence electrons. The summed E-state index contributed by atoms with van der Waals surface area (Å²) in [7, 11) is 2.16. The number of nitrogens with one attached hydrogen (secondary N) is 1. The summed E-state index contributed by atoms with van der Waals surface area (Å²) in [5, 5.41) is 12.6. The second-order valence-corrected chi connectivity index (χ2v) is 9.55. The lowest BCUT2D eigenvalue weighted by molar-refractivity contribution is 0.152. The Bertz CT molecular complexity index is 1100. The minimum Gasteiger partial charge on any atom is -0.503 e. The van der Waals surface area contributed by atoms with Gasteiger partial charge in [0.05, 0.1) is 11.6 Å². The van der Waals surface area contributed by atoms with Gasteiger partial charge in [0.2, 0.25) is 5.95 Å². The van der Waals surface area contributed by atoms with Crippen LogP contribution in [0.2, 0.25) is 5.02 Å². The van der Waals surface area contributed by atoms with Crippen LogP contribution in [0.15, 0.2) is 12.3 Å². The van der Waals surface area contributed by atoms with Crippen molar-refractivity contribution in [2.24, 2.45) is 0 Å². The molecule has 2 aliphatic rings. The van der Waals surface area contributed by atoms with E-state index in [2.05, 4.69) is 32.1 Å². The number of hydrogen-bond acceptors (Lipinski definition) is 7. The van der Waals surface area contributed by atoms with Crippen molar-refractivity contribution in [1.82, 2.24) is 19.8 Å². The number of phenols is 1. The van der Waals surface area contributed by atoms with Gasteiger partial charge in [-0.2, -0.15) is 4.98 Å². The van der Waals surface area contributed by atoms with E-state index in [0.717, 1.165) is 63.0 Å². The topological polar surface area (TPSA) is 88.1 Å². The first kappa shape index (κ1) is 26.3. The fourth-order valence-corrected chi connectivity index (χ4v) is 4.77. The van der Waals surface area contributed by atoms with Crippen LogP contribution in [0, 0.1) is 11.6 Å². The first-order valence-electron chi connectivity index (χ1n) is 12.3. The SMILES string of the molecule is CCN1C(=O)N(c2c(Cl)cc(F)c(O)c2F)Cc2cnc(NCCCCCN3CCN(C)CC3)nc21. The number of carbonyl (C=O) groups excluding carboxylic acids is 1. The molecule has 0 unspecified atom stereocenters. The predicted octanol–water partition coefficient (Wildman–Crippen LogP) is 3.91. The van der Waals surface area contributed by atoms with E-state index >= 15 is 0 Å². The van der Waals surface area contributed by atoms with Crippen LogP contribution < -0.4 is 15.1 Å². The van der Waals surface area contributed by atoms with Crippen LogP contribution in [0.25, 0.3) is 0 Å². The fourth-order valence-electron chi connectivity index (χ4n) is 4.49. The third-order valence-corrected chi connectivity index (χ3v) is 6.91. The van der Waals surface area contributed by atoms with Crippen LogP contribution in [-0.2, 0) is 6.54 Å². The van der Waals surface area contributed by atoms with Crippen molar-refractivity contribution < 1.29 is 18.7 Å². The van der Waals surface area contributed by atoms with Crippen LogP contribution in [-0.4, -0.2) is 83.8 Å². The average molecular weight is 524 g/mol. The minimum atomic E-state index is -1.29. The Hall–Kier alpha value is -2.76. The van der Waals surface area contributed by atoms with Gasteiger partial charge in [0.1, 0.15) is 11.5 Å². The number of unbranched alkanes of at least 4 members (excludes halogenated alkanes) is 2. The van der Waals surface area contributed by atoms with Crippen LogP contribution in [0.5, 0.6) is 5.75 Å². The zero-order valence-corrected chi connectivity index (χ0v) is 21.4. The van der Waals surface area contributed by atoms with Crippen molar-refractivity contribution in [2.45, 2.75) is 32.7 Å². The number of urea groups is 1. The monoisotopic (exact) mass is 523 g/mol. The van der Waals surface area contributed by atoms with Gasteiger partial charge >= 0.3 is 6.03 Å². The Balaban J connectivity index is 1.37. The normalized spacial score (nSPS) is 17.0. The lowest BCUT2D eigenvalue weighted by Crippen LogP contribution is -2.48. The molecule has 1 aromatic heterocycles. The van der Waals surface area contributed by atoms with E-state index in [0.29, 0.717) is 23.9 Å². The number of aromatic hydroxyl groups is 1. The first-order valence-corrected chi connectivity index (χ1v) is 12.6. The molecule has 1 aromatic carbocycles. The van der Waals surface area contributed by atoms with Gasteiger partial charge in [0.25, 0.3) is 0 Å². The Morgan fingerprint density at radius 2 is 1.92 bits per heavy atom. The summed E-state index contributed by atoms with van der Waals surface area (Å²) in [5.41, 5.74) is 0.192. The van der Waals surface area contributed by atoms with Crippen molar-refractivity contribution in [3.8, 4) is 5.75 Å². The molecule has 1 saturated heterocycles. The number of benzene rings is 1. The van der Waals surface area contributed by atoms with Crippen molar-refractivity contribution in [3.63, 3.8) is 0 Å². The third kappa shape index (κ3) is 5.63. The van der Waals surface area contributed by atoms with Gasteiger partial charge < -0.3 is 20.2 Å². The number of anilines is 3. The Morgan fingerprint density at radius 3 is 2.64 bits per heavy atom. The van der Waals surface area contributed by atoms with E-state index in [1.54, 1.807) is 13.1 Å². The standard InChI is InChI=1S/C24H32ClF2N7O2/c1-3-33-22-16(15-34(24(33)36)20-17(25)13-18(26)21(35)19(20)27)14-29-23(30-22)28-7-5-4-6-8-32-11-9-31(2)10-12-32/h13-14,35H,3-12,15H2,1-2H3,(H,28,29,30). The molecule has 0 atom stereocenters. The Kier molecular flexibility index (Phi) is 8.43. The number of likely N-dealkylation sites (N-methyl/N-ethyl adjacent to an activating group) is 1. The fraction of sp³-hybridized carbons (Fsp3) is 0.542. The summed E-state index contributed by atoms with van der Waals surface area (Å²) in [4.78, 5) is 29.3. The zero-order valence-electron chi connectivity index (χ0n) is 20.6. The molecule has 36 heavy (non-hydrogen) atoms. The van der Waals surface area contributed by atoms with Crippen LogP contribution in [0.3, 0.4) is 0 Å². The molecule has 3 heterocycles. The van der Waals surface area contributed by atoms with Crippen molar-refractivity contribution >= 4 is 35.1 Å². The highest BCUT2D eigenvalue weighted by Crippen LogP contribution is 2.40. The van der Waals surface area contributed by atoms with Crippen molar-refractivity contribution in [3.05, 3.63) is 34.5 Å². The molecule has 2 aliphatic heterocycles. The minimum absolute atomic E-state index is 0.0705. The molecule has 0 bridgehead atoms. The highest BCUT2D eigenvalue weighted by molar-refractivity contribution is 6.34. The number of amides is 2. The second-order valence-electron chi connectivity index (χ2n) is 9.14.